The monoisotopic (exact) mass is 531 g/mol. The molecule has 0 N–H and O–H groups in total. The maximum atomic E-state index is 13.3. The number of rotatable bonds is 14. The minimum atomic E-state index is -0.283. The molecule has 0 amide bonds. The molecule has 1 saturated carbocycles. The molecule has 1 aliphatic rings. The van der Waals surface area contributed by atoms with Crippen molar-refractivity contribution in [1.82, 2.24) is 5.16 Å². The number of ether oxygens (including phenoxy) is 2. The van der Waals surface area contributed by atoms with Crippen molar-refractivity contribution in [2.45, 2.75) is 84.0 Å². The highest BCUT2D eigenvalue weighted by atomic mass is 16.5. The molecule has 1 aromatic heterocycles. The van der Waals surface area contributed by atoms with Crippen molar-refractivity contribution in [3.63, 3.8) is 0 Å². The van der Waals surface area contributed by atoms with Crippen molar-refractivity contribution in [1.29, 1.82) is 0 Å². The van der Waals surface area contributed by atoms with Gasteiger partial charge in [0.15, 0.2) is 5.76 Å². The Morgan fingerprint density at radius 2 is 1.79 bits per heavy atom. The summed E-state index contributed by atoms with van der Waals surface area (Å²) in [7, 11) is 3.05. The Kier molecular flexibility index (Phi) is 9.60. The average molecular weight is 532 g/mol. The van der Waals surface area contributed by atoms with Crippen LogP contribution < -0.4 is 4.74 Å². The van der Waals surface area contributed by atoms with Crippen molar-refractivity contribution in [3.8, 4) is 17.1 Å². The summed E-state index contributed by atoms with van der Waals surface area (Å²) in [5, 5.41) is 4.54. The lowest BCUT2D eigenvalue weighted by Crippen LogP contribution is -2.13. The van der Waals surface area contributed by atoms with Gasteiger partial charge in [-0.1, -0.05) is 55.4 Å². The van der Waals surface area contributed by atoms with E-state index in [4.69, 9.17) is 14.0 Å². The number of aromatic nitrogens is 1. The van der Waals surface area contributed by atoms with E-state index in [1.807, 2.05) is 25.1 Å². The molecular weight excluding hydrogens is 490 g/mol. The van der Waals surface area contributed by atoms with Crippen LogP contribution in [-0.2, 0) is 27.2 Å². The van der Waals surface area contributed by atoms with Gasteiger partial charge in [-0.25, -0.2) is 0 Å². The summed E-state index contributed by atoms with van der Waals surface area (Å²) >= 11 is 0. The second-order valence-corrected chi connectivity index (χ2v) is 11.2. The highest BCUT2D eigenvalue weighted by Gasteiger charge is 2.36. The molecule has 1 fully saturated rings. The number of Topliss-reactive ketones (excluding diaryl/α,β-unsaturated/α-hetero) is 1. The number of carbonyl (C=O) groups is 2. The first-order chi connectivity index (χ1) is 18.8. The van der Waals surface area contributed by atoms with Crippen molar-refractivity contribution in [3.05, 3.63) is 70.4 Å². The van der Waals surface area contributed by atoms with E-state index in [1.165, 1.54) is 12.7 Å². The predicted octanol–water partition coefficient (Wildman–Crippen LogP) is 7.36. The zero-order chi connectivity index (χ0) is 27.9. The zero-order valence-corrected chi connectivity index (χ0v) is 23.9. The fourth-order valence-corrected chi connectivity index (χ4v) is 5.28. The lowest BCUT2D eigenvalue weighted by molar-refractivity contribution is -0.141. The van der Waals surface area contributed by atoms with Gasteiger partial charge < -0.3 is 14.0 Å². The van der Waals surface area contributed by atoms with Gasteiger partial charge in [-0.2, -0.15) is 0 Å². The molecule has 6 heteroatoms. The van der Waals surface area contributed by atoms with Crippen LogP contribution in [0.2, 0.25) is 0 Å². The van der Waals surface area contributed by atoms with Gasteiger partial charge in [0, 0.05) is 36.3 Å². The molecule has 208 valence electrons. The van der Waals surface area contributed by atoms with Crippen LogP contribution in [0.5, 0.6) is 5.75 Å². The number of nitrogens with zero attached hydrogens (tertiary/aromatic N) is 1. The van der Waals surface area contributed by atoms with Gasteiger partial charge in [-0.05, 0) is 73.6 Å². The van der Waals surface area contributed by atoms with Crippen molar-refractivity contribution >= 4 is 11.8 Å². The van der Waals surface area contributed by atoms with E-state index in [1.54, 1.807) is 7.11 Å². The molecule has 1 aliphatic carbocycles. The van der Waals surface area contributed by atoms with E-state index in [2.05, 4.69) is 43.3 Å². The molecule has 2 aromatic carbocycles. The van der Waals surface area contributed by atoms with Crippen LogP contribution in [0.15, 0.2) is 47.0 Å². The Labute approximate surface area is 232 Å². The van der Waals surface area contributed by atoms with Crippen LogP contribution in [-0.4, -0.2) is 31.1 Å². The first kappa shape index (κ1) is 28.6. The molecule has 0 radical (unpaired) electrons. The fraction of sp³-hybridized carbons (Fsp3) is 0.485. The highest BCUT2D eigenvalue weighted by molar-refractivity contribution is 5.80. The van der Waals surface area contributed by atoms with Gasteiger partial charge in [-0.3, -0.25) is 9.59 Å². The number of carbonyl (C=O) groups excluding carboxylic acids is 2. The number of hydrogen-bond acceptors (Lipinski definition) is 6. The van der Waals surface area contributed by atoms with Gasteiger partial charge in [-0.15, -0.1) is 0 Å². The van der Waals surface area contributed by atoms with Crippen LogP contribution in [0.25, 0.3) is 11.3 Å². The fourth-order valence-electron chi connectivity index (χ4n) is 5.28. The molecule has 1 atom stereocenters. The lowest BCUT2D eigenvalue weighted by Gasteiger charge is -2.16. The summed E-state index contributed by atoms with van der Waals surface area (Å²) in [5.41, 5.74) is 6.37. The van der Waals surface area contributed by atoms with Crippen LogP contribution in [0, 0.1) is 12.8 Å². The van der Waals surface area contributed by atoms with E-state index >= 15 is 0 Å². The summed E-state index contributed by atoms with van der Waals surface area (Å²) in [5.74, 6) is 2.22. The first-order valence-corrected chi connectivity index (χ1v) is 14.1. The van der Waals surface area contributed by atoms with E-state index in [9.17, 15) is 9.59 Å². The smallest absolute Gasteiger partial charge is 0.305 e. The SMILES string of the molecule is COC(=O)CCC(CC(=O)CCc1ccc(C)cc1OC)c1noc(-c2ccc(CC(C)C)cc2)c1C1CC1. The van der Waals surface area contributed by atoms with Crippen molar-refractivity contribution in [2.75, 3.05) is 14.2 Å². The molecule has 1 unspecified atom stereocenters. The Morgan fingerprint density at radius 1 is 1.05 bits per heavy atom. The number of esters is 1. The van der Waals surface area contributed by atoms with E-state index < -0.39 is 0 Å². The molecule has 3 aromatic rings. The summed E-state index contributed by atoms with van der Waals surface area (Å²) in [6.07, 6.45) is 5.23. The van der Waals surface area contributed by atoms with Gasteiger partial charge in [0.1, 0.15) is 11.5 Å². The molecular formula is C33H41NO5. The number of hydrogen-bond donors (Lipinski definition) is 0. The maximum Gasteiger partial charge on any atom is 0.305 e. The quantitative estimate of drug-likeness (QED) is 0.202. The van der Waals surface area contributed by atoms with Gasteiger partial charge >= 0.3 is 5.97 Å². The summed E-state index contributed by atoms with van der Waals surface area (Å²) in [6, 6.07) is 14.6. The standard InChI is InChI=1S/C33H41NO5/c1-21(2)18-23-7-10-26(11-8-23)33-31(25-12-13-25)32(34-39-33)27(15-17-30(36)38-5)20-28(35)16-14-24-9-6-22(3)19-29(24)37-4/h6-11,19,21,25,27H,12-18,20H2,1-5H3. The van der Waals surface area contributed by atoms with Gasteiger partial charge in [0.25, 0.3) is 0 Å². The topological polar surface area (TPSA) is 78.6 Å². The van der Waals surface area contributed by atoms with Gasteiger partial charge in [0.2, 0.25) is 0 Å². The first-order valence-electron chi connectivity index (χ1n) is 14.1. The molecule has 6 nitrogen and oxygen atoms in total. The third-order valence-corrected chi connectivity index (χ3v) is 7.50. The van der Waals surface area contributed by atoms with Crippen LogP contribution in [0.4, 0.5) is 0 Å². The largest absolute Gasteiger partial charge is 0.496 e. The average Bonchev–Trinajstić information content (AvgIpc) is 3.67. The molecule has 1 heterocycles. The Bertz CT molecular complexity index is 1270. The van der Waals surface area contributed by atoms with Crippen molar-refractivity contribution < 1.29 is 23.6 Å². The molecule has 4 rings (SSSR count). The predicted molar refractivity (Wildman–Crippen MR) is 152 cm³/mol. The maximum absolute atomic E-state index is 13.3. The van der Waals surface area contributed by atoms with Crippen LogP contribution in [0.1, 0.15) is 92.2 Å². The molecule has 39 heavy (non-hydrogen) atoms. The zero-order valence-electron chi connectivity index (χ0n) is 23.9. The molecule has 0 bridgehead atoms. The third-order valence-electron chi connectivity index (χ3n) is 7.50. The second-order valence-electron chi connectivity index (χ2n) is 11.2. The van der Waals surface area contributed by atoms with E-state index in [0.29, 0.717) is 37.5 Å². The number of aryl methyl sites for hydroxylation is 2. The van der Waals surface area contributed by atoms with Gasteiger partial charge in [0.05, 0.1) is 19.9 Å². The molecule has 0 spiro atoms. The summed E-state index contributed by atoms with van der Waals surface area (Å²) < 4.78 is 16.4. The Morgan fingerprint density at radius 3 is 2.44 bits per heavy atom. The normalized spacial score (nSPS) is 13.9. The minimum Gasteiger partial charge on any atom is -0.496 e. The number of ketones is 1. The summed E-state index contributed by atoms with van der Waals surface area (Å²) in [6.45, 7) is 6.46. The summed E-state index contributed by atoms with van der Waals surface area (Å²) in [4.78, 5) is 25.3. The Balaban J connectivity index is 1.55. The Hall–Kier alpha value is -3.41. The van der Waals surface area contributed by atoms with E-state index in [0.717, 1.165) is 58.7 Å². The van der Waals surface area contributed by atoms with E-state index in [-0.39, 0.29) is 24.1 Å². The van der Waals surface area contributed by atoms with Crippen LogP contribution in [0.3, 0.4) is 0 Å². The molecule has 0 saturated heterocycles. The lowest BCUT2D eigenvalue weighted by atomic mass is 9.87. The molecule has 0 aliphatic heterocycles. The minimum absolute atomic E-state index is 0.136. The highest BCUT2D eigenvalue weighted by Crippen LogP contribution is 2.49. The number of methoxy groups -OCH3 is 2. The number of benzene rings is 2. The third kappa shape index (κ3) is 7.59. The van der Waals surface area contributed by atoms with Crippen molar-refractivity contribution in [2.24, 2.45) is 5.92 Å². The van der Waals surface area contributed by atoms with Crippen LogP contribution >= 0.6 is 0 Å². The second kappa shape index (κ2) is 13.1.